The Kier molecular flexibility index (Phi) is 2.48. The van der Waals surface area contributed by atoms with Crippen LogP contribution in [0.15, 0.2) is 17.3 Å². The first kappa shape index (κ1) is 8.78. The molecule has 0 spiro atoms. The number of hydrogen-bond donors (Lipinski definition) is 0. The largest absolute Gasteiger partial charge is 0.349 e. The van der Waals surface area contributed by atoms with Gasteiger partial charge >= 0.3 is 0 Å². The van der Waals surface area contributed by atoms with E-state index in [9.17, 15) is 0 Å². The Labute approximate surface area is 72.6 Å². The van der Waals surface area contributed by atoms with Crippen LogP contribution in [0.25, 0.3) is 12.3 Å². The van der Waals surface area contributed by atoms with Crippen LogP contribution in [0.4, 0.5) is 0 Å². The minimum Gasteiger partial charge on any atom is -0.349 e. The van der Waals surface area contributed by atoms with E-state index in [-0.39, 0.29) is 0 Å². The van der Waals surface area contributed by atoms with E-state index < -0.39 is 0 Å². The predicted octanol–water partition coefficient (Wildman–Crippen LogP) is 0.654. The van der Waals surface area contributed by atoms with Gasteiger partial charge in [-0.05, 0) is 25.1 Å². The highest BCUT2D eigenvalue weighted by atomic mass is 14.9. The van der Waals surface area contributed by atoms with E-state index >= 15 is 0 Å². The molecule has 64 valence electrons. The third-order valence-electron chi connectivity index (χ3n) is 1.82. The van der Waals surface area contributed by atoms with Gasteiger partial charge in [-0.25, -0.2) is 0 Å². The summed E-state index contributed by atoms with van der Waals surface area (Å²) in [4.78, 5) is 4.22. The molecule has 0 saturated carbocycles. The summed E-state index contributed by atoms with van der Waals surface area (Å²) in [7, 11) is 2.00. The molecule has 1 rings (SSSR count). The van der Waals surface area contributed by atoms with Gasteiger partial charge in [-0.1, -0.05) is 6.58 Å². The topological polar surface area (TPSA) is 17.3 Å². The number of nitrogens with zero attached hydrogens (tertiary/aromatic N) is 2. The zero-order valence-electron chi connectivity index (χ0n) is 7.83. The lowest BCUT2D eigenvalue weighted by molar-refractivity contribution is 0.881. The lowest BCUT2D eigenvalue weighted by Gasteiger charge is -1.94. The minimum atomic E-state index is 1.01. The smallest absolute Gasteiger partial charge is 0.0687 e. The molecule has 0 aromatic carbocycles. The fourth-order valence-corrected chi connectivity index (χ4v) is 1.32. The molecular formula is C10H14N2. The summed E-state index contributed by atoms with van der Waals surface area (Å²) < 4.78 is 2.03. The molecule has 1 aromatic heterocycles. The highest BCUT2D eigenvalue weighted by Crippen LogP contribution is 1.88. The number of hydrogen-bond acceptors (Lipinski definition) is 1. The molecule has 0 aliphatic heterocycles. The van der Waals surface area contributed by atoms with Gasteiger partial charge in [0.05, 0.1) is 11.0 Å². The van der Waals surface area contributed by atoms with Crippen molar-refractivity contribution in [3.05, 3.63) is 22.8 Å². The van der Waals surface area contributed by atoms with Crippen LogP contribution in [0.1, 0.15) is 13.8 Å². The lowest BCUT2D eigenvalue weighted by Crippen LogP contribution is -2.27. The van der Waals surface area contributed by atoms with Crippen LogP contribution in [0.2, 0.25) is 0 Å². The average Bonchev–Trinajstić information content (AvgIpc) is 2.32. The summed E-state index contributed by atoms with van der Waals surface area (Å²) in [6, 6.07) is 1.99. The summed E-state index contributed by atoms with van der Waals surface area (Å²) in [6.07, 6.45) is 3.79. The van der Waals surface area contributed by atoms with Gasteiger partial charge in [-0.3, -0.25) is 4.99 Å². The number of rotatable bonds is 1. The Morgan fingerprint density at radius 2 is 2.33 bits per heavy atom. The van der Waals surface area contributed by atoms with Gasteiger partial charge in [-0.2, -0.15) is 0 Å². The summed E-state index contributed by atoms with van der Waals surface area (Å²) >= 11 is 0. The molecule has 0 saturated heterocycles. The molecule has 0 aliphatic rings. The van der Waals surface area contributed by atoms with E-state index in [1.807, 2.05) is 37.7 Å². The second-order valence-corrected chi connectivity index (χ2v) is 2.77. The van der Waals surface area contributed by atoms with Crippen LogP contribution >= 0.6 is 0 Å². The molecule has 0 unspecified atom stereocenters. The number of aliphatic imine (C=N–C) groups is 1. The second-order valence-electron chi connectivity index (χ2n) is 2.77. The first-order valence-electron chi connectivity index (χ1n) is 3.96. The summed E-state index contributed by atoms with van der Waals surface area (Å²) in [5, 5.41) is 2.13. The fourth-order valence-electron chi connectivity index (χ4n) is 1.32. The Bertz CT molecular complexity index is 396. The van der Waals surface area contributed by atoms with Crippen molar-refractivity contribution in [1.82, 2.24) is 4.57 Å². The molecule has 0 fully saturated rings. The van der Waals surface area contributed by atoms with E-state index in [4.69, 9.17) is 0 Å². The van der Waals surface area contributed by atoms with Crippen molar-refractivity contribution < 1.29 is 0 Å². The van der Waals surface area contributed by atoms with E-state index in [2.05, 4.69) is 11.6 Å². The van der Waals surface area contributed by atoms with Crippen LogP contribution in [0.3, 0.4) is 0 Å². The van der Waals surface area contributed by atoms with Gasteiger partial charge < -0.3 is 4.57 Å². The van der Waals surface area contributed by atoms with Gasteiger partial charge in [0.25, 0.3) is 0 Å². The molecule has 1 aromatic rings. The van der Waals surface area contributed by atoms with Gasteiger partial charge in [0.15, 0.2) is 0 Å². The molecule has 0 N–H and O–H groups in total. The average molecular weight is 162 g/mol. The highest BCUT2D eigenvalue weighted by Gasteiger charge is 1.92. The third-order valence-corrected chi connectivity index (χ3v) is 1.82. The van der Waals surface area contributed by atoms with E-state index in [0.29, 0.717) is 0 Å². The first-order valence-corrected chi connectivity index (χ1v) is 3.96. The summed E-state index contributed by atoms with van der Waals surface area (Å²) in [6.45, 7) is 7.83. The van der Waals surface area contributed by atoms with Gasteiger partial charge in [-0.15, -0.1) is 0 Å². The molecule has 1 heterocycles. The molecule has 2 heteroatoms. The third kappa shape index (κ3) is 1.47. The van der Waals surface area contributed by atoms with Crippen LogP contribution < -0.4 is 10.6 Å². The molecule has 2 nitrogen and oxygen atoms in total. The van der Waals surface area contributed by atoms with Crippen LogP contribution in [0.5, 0.6) is 0 Å². The van der Waals surface area contributed by atoms with Crippen molar-refractivity contribution in [2.75, 3.05) is 0 Å². The van der Waals surface area contributed by atoms with E-state index in [1.54, 1.807) is 6.21 Å². The molecular weight excluding hydrogens is 148 g/mol. The molecule has 0 atom stereocenters. The Hall–Kier alpha value is -1.31. The van der Waals surface area contributed by atoms with E-state index in [1.165, 1.54) is 0 Å². The maximum absolute atomic E-state index is 4.22. The molecule has 0 aliphatic carbocycles. The van der Waals surface area contributed by atoms with Gasteiger partial charge in [0, 0.05) is 19.5 Å². The molecule has 0 radical (unpaired) electrons. The van der Waals surface area contributed by atoms with Crippen molar-refractivity contribution in [3.8, 4) is 0 Å². The van der Waals surface area contributed by atoms with Crippen molar-refractivity contribution >= 4 is 18.5 Å². The Balaban J connectivity index is 3.53. The van der Waals surface area contributed by atoms with Crippen molar-refractivity contribution in [2.24, 2.45) is 12.0 Å². The monoisotopic (exact) mass is 162 g/mol. The highest BCUT2D eigenvalue weighted by molar-refractivity contribution is 5.61. The Morgan fingerprint density at radius 3 is 2.75 bits per heavy atom. The zero-order chi connectivity index (χ0) is 9.14. The SMILES string of the molecule is C=c1ccn(C)/c1=C(\C)N=CC. The number of aromatic nitrogens is 1. The summed E-state index contributed by atoms with van der Waals surface area (Å²) in [5.74, 6) is 0. The quantitative estimate of drug-likeness (QED) is 0.540. The maximum atomic E-state index is 4.22. The van der Waals surface area contributed by atoms with Crippen LogP contribution in [-0.4, -0.2) is 10.8 Å². The maximum Gasteiger partial charge on any atom is 0.0687 e. The number of aryl methyl sites for hydroxylation is 1. The van der Waals surface area contributed by atoms with Crippen molar-refractivity contribution in [1.29, 1.82) is 0 Å². The van der Waals surface area contributed by atoms with Crippen molar-refractivity contribution in [2.45, 2.75) is 13.8 Å². The van der Waals surface area contributed by atoms with Gasteiger partial charge in [0.1, 0.15) is 0 Å². The normalized spacial score (nSPS) is 13.9. The standard InChI is InChI=1S/C10H14N2/c1-5-11-9(3)10-8(2)6-7-12(10)4/h5-7H,2H2,1,3-4H3/b10-9+,11-5?. The van der Waals surface area contributed by atoms with Crippen molar-refractivity contribution in [3.63, 3.8) is 0 Å². The fraction of sp³-hybridized carbons (Fsp3) is 0.300. The van der Waals surface area contributed by atoms with Crippen LogP contribution in [-0.2, 0) is 7.05 Å². The summed E-state index contributed by atoms with van der Waals surface area (Å²) in [5.41, 5.74) is 1.01. The molecule has 12 heavy (non-hydrogen) atoms. The molecule has 0 amide bonds. The molecule has 0 bridgehead atoms. The lowest BCUT2D eigenvalue weighted by atomic mass is 10.4. The van der Waals surface area contributed by atoms with Gasteiger partial charge in [0.2, 0.25) is 0 Å². The van der Waals surface area contributed by atoms with E-state index in [0.717, 1.165) is 16.3 Å². The zero-order valence-corrected chi connectivity index (χ0v) is 7.83. The second kappa shape index (κ2) is 3.39. The minimum absolute atomic E-state index is 1.01. The Morgan fingerprint density at radius 1 is 1.67 bits per heavy atom. The first-order chi connectivity index (χ1) is 5.66. The van der Waals surface area contributed by atoms with Crippen LogP contribution in [0, 0.1) is 0 Å². The predicted molar refractivity (Wildman–Crippen MR) is 53.4 cm³/mol.